The van der Waals surface area contributed by atoms with Crippen LogP contribution in [0.15, 0.2) is 0 Å². The van der Waals surface area contributed by atoms with Crippen molar-refractivity contribution in [2.75, 3.05) is 24.6 Å². The number of hydrogen-bond donors (Lipinski definition) is 0. The Morgan fingerprint density at radius 3 is 0.647 bits per heavy atom. The molecule has 0 aliphatic heterocycles. The molecule has 0 radical (unpaired) electrons. The van der Waals surface area contributed by atoms with E-state index in [0.717, 1.165) is 0 Å². The second kappa shape index (κ2) is 29.6. The van der Waals surface area contributed by atoms with Gasteiger partial charge in [-0.1, -0.05) is 130 Å². The molecule has 0 spiro atoms. The zero-order chi connectivity index (χ0) is 24.3. The molecule has 0 heterocycles. The van der Waals surface area contributed by atoms with Crippen LogP contribution in [0.2, 0.25) is 0 Å². The third kappa shape index (κ3) is 24.1. The molecule has 0 aromatic rings. The van der Waals surface area contributed by atoms with Crippen LogP contribution in [0.1, 0.15) is 182 Å². The largest absolute Gasteiger partial charge is 1.00 e. The predicted octanol–water partition coefficient (Wildman–Crippen LogP) is 9.45. The molecule has 0 bridgehead atoms. The van der Waals surface area contributed by atoms with Crippen molar-refractivity contribution in [1.82, 2.24) is 0 Å². The molecule has 0 saturated heterocycles. The quantitative estimate of drug-likeness (QED) is 0.0738. The molecule has 0 aromatic heterocycles. The highest BCUT2D eigenvalue weighted by atomic mass is 31.2. The van der Waals surface area contributed by atoms with E-state index in [1.807, 2.05) is 0 Å². The minimum atomic E-state index is -0.718. The normalized spacial score (nSPS) is 11.6. The van der Waals surface area contributed by atoms with Crippen molar-refractivity contribution < 1.29 is 4.70 Å². The molecule has 0 unspecified atom stereocenters. The van der Waals surface area contributed by atoms with E-state index in [4.69, 9.17) is 0 Å². The molecule has 0 saturated carbocycles. The maximum absolute atomic E-state index is 2.35. The van der Waals surface area contributed by atoms with Crippen LogP contribution >= 0.6 is 7.26 Å². The van der Waals surface area contributed by atoms with E-state index in [1.54, 1.807) is 50.3 Å². The van der Waals surface area contributed by atoms with Gasteiger partial charge >= 0.3 is 0 Å². The van der Waals surface area contributed by atoms with Crippen LogP contribution in [-0.4, -0.2) is 24.6 Å². The van der Waals surface area contributed by atoms with Gasteiger partial charge in [0, 0.05) is 7.26 Å². The molecule has 208 valence electrons. The van der Waals surface area contributed by atoms with Crippen LogP contribution in [0, 0.1) is 0 Å². The van der Waals surface area contributed by atoms with Crippen molar-refractivity contribution in [3.63, 3.8) is 0 Å². The monoisotopic (exact) mass is 503 g/mol. The molecule has 0 atom stereocenters. The Labute approximate surface area is 218 Å². The Kier molecular flexibility index (Phi) is 31.8. The summed E-state index contributed by atoms with van der Waals surface area (Å²) < 4.78 is 0. The van der Waals surface area contributed by atoms with Gasteiger partial charge < -0.3 is 4.70 Å². The van der Waals surface area contributed by atoms with Crippen LogP contribution in [0.4, 0.5) is 0 Å². The maximum Gasteiger partial charge on any atom is 0.0594 e. The van der Waals surface area contributed by atoms with Gasteiger partial charge in [0.25, 0.3) is 0 Å². The van der Waals surface area contributed by atoms with Crippen molar-refractivity contribution in [2.24, 2.45) is 0 Å². The summed E-state index contributed by atoms with van der Waals surface area (Å²) in [6.07, 6.45) is 42.1. The van der Waals surface area contributed by atoms with Crippen LogP contribution < -0.4 is 4.70 Å². The summed E-state index contributed by atoms with van der Waals surface area (Å²) in [4.78, 5) is 0. The minimum Gasteiger partial charge on any atom is -1.00 e. The van der Waals surface area contributed by atoms with Gasteiger partial charge in [-0.15, -0.1) is 0 Å². The van der Waals surface area contributed by atoms with E-state index < -0.39 is 7.26 Å². The number of unbranched alkanes of at least 4 members (excludes halogenated alkanes) is 20. The second-order valence-electron chi connectivity index (χ2n) is 11.3. The number of halogens is 1. The maximum atomic E-state index is 2.35. The van der Waals surface area contributed by atoms with Gasteiger partial charge in [0.05, 0.1) is 24.6 Å². The summed E-state index contributed by atoms with van der Waals surface area (Å²) in [5.74, 6) is 0. The second-order valence-corrected chi connectivity index (χ2v) is 15.8. The van der Waals surface area contributed by atoms with Gasteiger partial charge in [0.15, 0.2) is 0 Å². The molecule has 0 amide bonds. The van der Waals surface area contributed by atoms with Crippen molar-refractivity contribution in [1.29, 1.82) is 0 Å². The van der Waals surface area contributed by atoms with Crippen molar-refractivity contribution in [3.05, 3.63) is 0 Å². The highest BCUT2D eigenvalue weighted by Crippen LogP contribution is 2.61. The lowest BCUT2D eigenvalue weighted by molar-refractivity contribution is -0.00000755. The van der Waals surface area contributed by atoms with Gasteiger partial charge in [0.1, 0.15) is 0 Å². The highest BCUT2D eigenvalue weighted by molar-refractivity contribution is 7.75. The van der Waals surface area contributed by atoms with E-state index in [0.29, 0.717) is 0 Å². The average molecular weight is 503 g/mol. The van der Waals surface area contributed by atoms with Gasteiger partial charge in [-0.2, -0.15) is 0 Å². The molecule has 0 aliphatic rings. The molecule has 2 heteroatoms. The fourth-order valence-corrected chi connectivity index (χ4v) is 10.5. The minimum absolute atomic E-state index is 0. The first-order chi connectivity index (χ1) is 16.2. The van der Waals surface area contributed by atoms with E-state index in [1.165, 1.54) is 128 Å². The molecule has 34 heavy (non-hydrogen) atoms. The first-order valence-electron chi connectivity index (χ1n) is 16.1. The SMILES string of the molecule is CCCCCCCC[P+](CCCCCCCC)(CCCCCCCC)CCCCCCCC.[F-]. The summed E-state index contributed by atoms with van der Waals surface area (Å²) in [6, 6.07) is 0. The van der Waals surface area contributed by atoms with Crippen LogP contribution in [-0.2, 0) is 0 Å². The Morgan fingerprint density at radius 1 is 0.265 bits per heavy atom. The van der Waals surface area contributed by atoms with Gasteiger partial charge in [-0.3, -0.25) is 0 Å². The molecule has 0 aromatic carbocycles. The predicted molar refractivity (Wildman–Crippen MR) is 160 cm³/mol. The molecular formula is C32H68FP. The Morgan fingerprint density at radius 2 is 0.441 bits per heavy atom. The molecule has 0 N–H and O–H groups in total. The lowest BCUT2D eigenvalue weighted by atomic mass is 10.1. The van der Waals surface area contributed by atoms with Gasteiger partial charge in [-0.05, 0) is 51.4 Å². The third-order valence-corrected chi connectivity index (χ3v) is 13.0. The summed E-state index contributed by atoms with van der Waals surface area (Å²) in [5, 5.41) is 0. The van der Waals surface area contributed by atoms with E-state index in [-0.39, 0.29) is 4.70 Å². The summed E-state index contributed by atoms with van der Waals surface area (Å²) >= 11 is 0. The zero-order valence-electron chi connectivity index (χ0n) is 24.6. The van der Waals surface area contributed by atoms with Crippen LogP contribution in [0.3, 0.4) is 0 Å². The van der Waals surface area contributed by atoms with Crippen molar-refractivity contribution in [2.45, 2.75) is 182 Å². The Hall–Kier alpha value is 0.360. The first-order valence-corrected chi connectivity index (χ1v) is 18.6. The van der Waals surface area contributed by atoms with E-state index in [9.17, 15) is 0 Å². The number of hydrogen-bond acceptors (Lipinski definition) is 0. The number of rotatable bonds is 28. The van der Waals surface area contributed by atoms with Crippen molar-refractivity contribution >= 4 is 7.26 Å². The van der Waals surface area contributed by atoms with Crippen molar-refractivity contribution in [3.8, 4) is 0 Å². The standard InChI is InChI=1S/C32H68P.FH/c1-5-9-13-17-21-25-29-33(30-26-22-18-14-10-6-2,31-27-23-19-15-11-7-3)32-28-24-20-16-12-8-4;/h5-32H2,1-4H3;1H/q+1;/p-1. The zero-order valence-corrected chi connectivity index (χ0v) is 25.5. The average Bonchev–Trinajstić information content (AvgIpc) is 2.83. The molecule has 0 fully saturated rings. The third-order valence-electron chi connectivity index (χ3n) is 7.94. The molecule has 0 nitrogen and oxygen atoms in total. The highest BCUT2D eigenvalue weighted by Gasteiger charge is 2.34. The first kappa shape index (κ1) is 36.5. The molecular weight excluding hydrogens is 434 g/mol. The van der Waals surface area contributed by atoms with Crippen LogP contribution in [0.25, 0.3) is 0 Å². The molecule has 0 rings (SSSR count). The Balaban J connectivity index is 0. The Bertz CT molecular complexity index is 287. The lowest BCUT2D eigenvalue weighted by Gasteiger charge is -2.28. The lowest BCUT2D eigenvalue weighted by Crippen LogP contribution is -3.00. The fraction of sp³-hybridized carbons (Fsp3) is 1.00. The summed E-state index contributed by atoms with van der Waals surface area (Å²) in [6.45, 7) is 9.38. The van der Waals surface area contributed by atoms with Crippen LogP contribution in [0.5, 0.6) is 0 Å². The van der Waals surface area contributed by atoms with Gasteiger partial charge in [-0.25, -0.2) is 0 Å². The summed E-state index contributed by atoms with van der Waals surface area (Å²) in [7, 11) is -0.718. The van der Waals surface area contributed by atoms with E-state index >= 15 is 0 Å². The smallest absolute Gasteiger partial charge is 0.0594 e. The topological polar surface area (TPSA) is 0 Å². The molecule has 0 aliphatic carbocycles. The van der Waals surface area contributed by atoms with Gasteiger partial charge in [0.2, 0.25) is 0 Å². The summed E-state index contributed by atoms with van der Waals surface area (Å²) in [5.41, 5.74) is 0. The fourth-order valence-electron chi connectivity index (χ4n) is 5.58. The van der Waals surface area contributed by atoms with E-state index in [2.05, 4.69) is 27.7 Å².